The third kappa shape index (κ3) is 1.73. The zero-order valence-electron chi connectivity index (χ0n) is 11.1. The molecule has 2 heterocycles. The molecule has 3 rings (SSSR count). The molecule has 0 atom stereocenters. The molecule has 0 aliphatic rings. The highest BCUT2D eigenvalue weighted by Crippen LogP contribution is 2.19. The molecule has 0 saturated carbocycles. The Hall–Kier alpha value is -2.47. The molecule has 0 bridgehead atoms. The molecule has 0 fully saturated rings. The summed E-state index contributed by atoms with van der Waals surface area (Å²) in [4.78, 5) is 21.3. The molecule has 0 radical (unpaired) electrons. The summed E-state index contributed by atoms with van der Waals surface area (Å²) < 4.78 is 1.50. The van der Waals surface area contributed by atoms with Gasteiger partial charge in [-0.1, -0.05) is 12.1 Å². The molecule has 102 valence electrons. The number of aryl methyl sites for hydroxylation is 1. The molecule has 3 aromatic rings. The van der Waals surface area contributed by atoms with Gasteiger partial charge >= 0.3 is 0 Å². The largest absolute Gasteiger partial charge is 0.383 e. The maximum Gasteiger partial charge on any atom is 0.263 e. The van der Waals surface area contributed by atoms with E-state index in [4.69, 9.17) is 11.5 Å². The number of nitrogens with zero attached hydrogens (tertiary/aromatic N) is 3. The fourth-order valence-electron chi connectivity index (χ4n) is 2.43. The summed E-state index contributed by atoms with van der Waals surface area (Å²) in [6.07, 6.45) is 0.499. The fourth-order valence-corrected chi connectivity index (χ4v) is 2.43. The molecule has 1 aromatic carbocycles. The highest BCUT2D eigenvalue weighted by atomic mass is 16.1. The third-order valence-electron chi connectivity index (χ3n) is 3.40. The van der Waals surface area contributed by atoms with Crippen LogP contribution in [0.4, 0.5) is 5.82 Å². The van der Waals surface area contributed by atoms with E-state index in [0.717, 1.165) is 5.39 Å². The maximum atomic E-state index is 12.7. The molecule has 0 amide bonds. The molecule has 6 heteroatoms. The number of para-hydroxylation sites is 1. The van der Waals surface area contributed by atoms with Crippen LogP contribution in [-0.2, 0) is 6.42 Å². The van der Waals surface area contributed by atoms with Crippen LogP contribution in [0, 0.1) is 6.92 Å². The minimum absolute atomic E-state index is 0.123. The van der Waals surface area contributed by atoms with Crippen molar-refractivity contribution in [1.29, 1.82) is 0 Å². The average molecular weight is 269 g/mol. The second-order valence-corrected chi connectivity index (χ2v) is 4.67. The lowest BCUT2D eigenvalue weighted by Gasteiger charge is -2.10. The Morgan fingerprint density at radius 2 is 2.00 bits per heavy atom. The standard InChI is InChI=1S/C14H15N5O/c1-8-9(6-7-15)13(20)19-11-5-3-2-4-10(11)12(16)18-14(19)17-8/h2-5H,6-7,15H2,1H3,(H2,16,17,18). The zero-order chi connectivity index (χ0) is 14.3. The van der Waals surface area contributed by atoms with Crippen LogP contribution in [0.15, 0.2) is 29.1 Å². The van der Waals surface area contributed by atoms with Gasteiger partial charge < -0.3 is 11.5 Å². The summed E-state index contributed by atoms with van der Waals surface area (Å²) in [6, 6.07) is 7.40. The van der Waals surface area contributed by atoms with E-state index in [9.17, 15) is 4.79 Å². The van der Waals surface area contributed by atoms with Gasteiger partial charge in [0.1, 0.15) is 5.82 Å². The van der Waals surface area contributed by atoms with Crippen LogP contribution in [-0.4, -0.2) is 20.9 Å². The van der Waals surface area contributed by atoms with Crippen LogP contribution < -0.4 is 17.0 Å². The van der Waals surface area contributed by atoms with Crippen LogP contribution in [0.25, 0.3) is 16.7 Å². The number of nitrogen functional groups attached to an aromatic ring is 1. The molecule has 20 heavy (non-hydrogen) atoms. The van der Waals surface area contributed by atoms with Crippen LogP contribution in [0.3, 0.4) is 0 Å². The predicted octanol–water partition coefficient (Wildman–Crippen LogP) is 0.635. The monoisotopic (exact) mass is 269 g/mol. The number of rotatable bonds is 2. The van der Waals surface area contributed by atoms with Gasteiger partial charge in [0.05, 0.1) is 11.2 Å². The van der Waals surface area contributed by atoms with E-state index in [0.29, 0.717) is 41.3 Å². The van der Waals surface area contributed by atoms with Crippen LogP contribution in [0.5, 0.6) is 0 Å². The van der Waals surface area contributed by atoms with Crippen molar-refractivity contribution in [1.82, 2.24) is 14.4 Å². The molecule has 0 aliphatic carbocycles. The molecule has 0 unspecified atom stereocenters. The van der Waals surface area contributed by atoms with Crippen LogP contribution >= 0.6 is 0 Å². The second-order valence-electron chi connectivity index (χ2n) is 4.67. The van der Waals surface area contributed by atoms with Gasteiger partial charge in [-0.3, -0.25) is 4.79 Å². The molecular weight excluding hydrogens is 254 g/mol. The van der Waals surface area contributed by atoms with E-state index in [-0.39, 0.29) is 5.56 Å². The quantitative estimate of drug-likeness (QED) is 0.665. The number of nitrogens with two attached hydrogens (primary N) is 2. The number of aromatic nitrogens is 3. The number of benzene rings is 1. The lowest BCUT2D eigenvalue weighted by molar-refractivity contribution is 0.886. The van der Waals surface area contributed by atoms with Crippen molar-refractivity contribution in [2.75, 3.05) is 12.3 Å². The minimum Gasteiger partial charge on any atom is -0.383 e. The SMILES string of the molecule is Cc1nc2nc(N)c3ccccc3n2c(=O)c1CCN. The molecule has 2 aromatic heterocycles. The summed E-state index contributed by atoms with van der Waals surface area (Å²) in [5.41, 5.74) is 13.4. The molecule has 0 aliphatic heterocycles. The third-order valence-corrected chi connectivity index (χ3v) is 3.40. The molecule has 4 N–H and O–H groups in total. The van der Waals surface area contributed by atoms with Crippen molar-refractivity contribution in [2.24, 2.45) is 5.73 Å². The van der Waals surface area contributed by atoms with Gasteiger partial charge in [0.15, 0.2) is 0 Å². The molecular formula is C14H15N5O. The fraction of sp³-hybridized carbons (Fsp3) is 0.214. The minimum atomic E-state index is -0.123. The van der Waals surface area contributed by atoms with E-state index < -0.39 is 0 Å². The Morgan fingerprint density at radius 1 is 1.25 bits per heavy atom. The predicted molar refractivity (Wildman–Crippen MR) is 78.7 cm³/mol. The Balaban J connectivity index is 2.55. The van der Waals surface area contributed by atoms with Gasteiger partial charge in [0.2, 0.25) is 5.78 Å². The highest BCUT2D eigenvalue weighted by Gasteiger charge is 2.13. The van der Waals surface area contributed by atoms with E-state index >= 15 is 0 Å². The Morgan fingerprint density at radius 3 is 2.75 bits per heavy atom. The number of hydrogen-bond acceptors (Lipinski definition) is 5. The van der Waals surface area contributed by atoms with Gasteiger partial charge in [-0.05, 0) is 32.0 Å². The van der Waals surface area contributed by atoms with Crippen molar-refractivity contribution in [3.05, 3.63) is 45.9 Å². The van der Waals surface area contributed by atoms with E-state index in [1.54, 1.807) is 6.92 Å². The first-order chi connectivity index (χ1) is 9.63. The summed E-state index contributed by atoms with van der Waals surface area (Å²) >= 11 is 0. The highest BCUT2D eigenvalue weighted by molar-refractivity contribution is 5.89. The number of fused-ring (bicyclic) bond motifs is 3. The van der Waals surface area contributed by atoms with Crippen LogP contribution in [0.2, 0.25) is 0 Å². The molecule has 6 nitrogen and oxygen atoms in total. The van der Waals surface area contributed by atoms with Crippen molar-refractivity contribution in [3.63, 3.8) is 0 Å². The van der Waals surface area contributed by atoms with E-state index in [1.165, 1.54) is 4.40 Å². The smallest absolute Gasteiger partial charge is 0.263 e. The van der Waals surface area contributed by atoms with Gasteiger partial charge in [-0.25, -0.2) is 9.38 Å². The Labute approximate surface area is 115 Å². The lowest BCUT2D eigenvalue weighted by Crippen LogP contribution is -2.25. The maximum absolute atomic E-state index is 12.7. The normalized spacial score (nSPS) is 11.3. The zero-order valence-corrected chi connectivity index (χ0v) is 11.1. The summed E-state index contributed by atoms with van der Waals surface area (Å²) in [5, 5.41) is 0.742. The van der Waals surface area contributed by atoms with Gasteiger partial charge in [0, 0.05) is 10.9 Å². The lowest BCUT2D eigenvalue weighted by atomic mass is 10.1. The first-order valence-electron chi connectivity index (χ1n) is 6.40. The van der Waals surface area contributed by atoms with Crippen molar-refractivity contribution in [2.45, 2.75) is 13.3 Å². The van der Waals surface area contributed by atoms with Gasteiger partial charge in [0.25, 0.3) is 5.56 Å². The number of anilines is 1. The summed E-state index contributed by atoms with van der Waals surface area (Å²) in [6.45, 7) is 2.20. The van der Waals surface area contributed by atoms with Crippen molar-refractivity contribution >= 4 is 22.5 Å². The number of hydrogen-bond donors (Lipinski definition) is 2. The molecule has 0 saturated heterocycles. The van der Waals surface area contributed by atoms with Crippen molar-refractivity contribution in [3.8, 4) is 0 Å². The Kier molecular flexibility index (Phi) is 2.87. The van der Waals surface area contributed by atoms with E-state index in [1.807, 2.05) is 24.3 Å². The average Bonchev–Trinajstić information content (AvgIpc) is 2.43. The molecule has 0 spiro atoms. The van der Waals surface area contributed by atoms with Gasteiger partial charge in [-0.2, -0.15) is 4.98 Å². The second kappa shape index (κ2) is 4.57. The van der Waals surface area contributed by atoms with E-state index in [2.05, 4.69) is 9.97 Å². The first-order valence-corrected chi connectivity index (χ1v) is 6.40. The van der Waals surface area contributed by atoms with Gasteiger partial charge in [-0.15, -0.1) is 0 Å². The topological polar surface area (TPSA) is 99.3 Å². The summed E-state index contributed by atoms with van der Waals surface area (Å²) in [7, 11) is 0. The first kappa shape index (κ1) is 12.6. The summed E-state index contributed by atoms with van der Waals surface area (Å²) in [5.74, 6) is 0.697. The van der Waals surface area contributed by atoms with Crippen LogP contribution in [0.1, 0.15) is 11.3 Å². The van der Waals surface area contributed by atoms with Crippen molar-refractivity contribution < 1.29 is 0 Å². The Bertz CT molecular complexity index is 869.